The zero-order valence-electron chi connectivity index (χ0n) is 15.8. The van der Waals surface area contributed by atoms with Gasteiger partial charge in [0.15, 0.2) is 0 Å². The molecule has 27 heavy (non-hydrogen) atoms. The van der Waals surface area contributed by atoms with Crippen molar-refractivity contribution in [1.29, 1.82) is 0 Å². The van der Waals surface area contributed by atoms with E-state index >= 15 is 0 Å². The largest absolute Gasteiger partial charge is 0.337 e. The van der Waals surface area contributed by atoms with Gasteiger partial charge in [0.25, 0.3) is 11.8 Å². The van der Waals surface area contributed by atoms with Crippen LogP contribution in [0.25, 0.3) is 10.8 Å². The Bertz CT molecular complexity index is 837. The van der Waals surface area contributed by atoms with Crippen molar-refractivity contribution in [3.63, 3.8) is 0 Å². The maximum Gasteiger partial charge on any atom is 0.269 e. The number of likely N-dealkylation sites (tertiary alicyclic amines) is 1. The zero-order valence-corrected chi connectivity index (χ0v) is 16.6. The van der Waals surface area contributed by atoms with E-state index < -0.39 is 0 Å². The van der Waals surface area contributed by atoms with E-state index in [1.165, 1.54) is 49.2 Å². The molecule has 5 nitrogen and oxygen atoms in total. The summed E-state index contributed by atoms with van der Waals surface area (Å²) in [7, 11) is 1.99. The van der Waals surface area contributed by atoms with E-state index in [1.807, 2.05) is 30.1 Å². The van der Waals surface area contributed by atoms with Gasteiger partial charge in [0.2, 0.25) is 0 Å². The summed E-state index contributed by atoms with van der Waals surface area (Å²) < 4.78 is 5.53. The molecule has 0 N–H and O–H groups in total. The Morgan fingerprint density at radius 3 is 2.59 bits per heavy atom. The highest BCUT2D eigenvalue weighted by molar-refractivity contribution is 7.15. The Labute approximate surface area is 164 Å². The summed E-state index contributed by atoms with van der Waals surface area (Å²) in [4.78, 5) is 11.6. The lowest BCUT2D eigenvalue weighted by Gasteiger charge is -2.18. The van der Waals surface area contributed by atoms with Crippen molar-refractivity contribution in [3.8, 4) is 10.8 Å². The van der Waals surface area contributed by atoms with Crippen LogP contribution in [0.15, 0.2) is 47.0 Å². The predicted molar refractivity (Wildman–Crippen MR) is 110 cm³/mol. The van der Waals surface area contributed by atoms with E-state index in [1.54, 1.807) is 11.3 Å². The molecule has 142 valence electrons. The average Bonchev–Trinajstić information content (AvgIpc) is 3.28. The molecule has 0 amide bonds. The molecular formula is C21H26N4OS. The Balaban J connectivity index is 1.40. The van der Waals surface area contributed by atoms with Crippen LogP contribution >= 0.6 is 11.3 Å². The van der Waals surface area contributed by atoms with Crippen LogP contribution in [-0.4, -0.2) is 35.2 Å². The van der Waals surface area contributed by atoms with Gasteiger partial charge in [-0.05, 0) is 48.8 Å². The standard InChI is InChI=1S/C21H26N4OS/c1-24(15-17-9-5-4-6-10-17)21-22-20(26-23-21)19-12-11-18(27-19)16-25-13-7-2-3-8-14-25/h4-6,9-12H,2-3,7-8,13-16H2,1H3. The highest BCUT2D eigenvalue weighted by Crippen LogP contribution is 2.29. The number of anilines is 1. The van der Waals surface area contributed by atoms with Gasteiger partial charge in [0, 0.05) is 25.0 Å². The smallest absolute Gasteiger partial charge is 0.269 e. The summed E-state index contributed by atoms with van der Waals surface area (Å²) in [6, 6.07) is 14.6. The molecule has 3 heterocycles. The molecule has 2 aromatic heterocycles. The minimum atomic E-state index is 0.608. The van der Waals surface area contributed by atoms with E-state index in [2.05, 4.69) is 39.3 Å². The first-order valence-electron chi connectivity index (χ1n) is 9.68. The van der Waals surface area contributed by atoms with Crippen molar-refractivity contribution in [3.05, 3.63) is 52.9 Å². The van der Waals surface area contributed by atoms with E-state index in [0.717, 1.165) is 18.0 Å². The lowest BCUT2D eigenvalue weighted by Crippen LogP contribution is -2.23. The van der Waals surface area contributed by atoms with Crippen LogP contribution in [0.5, 0.6) is 0 Å². The van der Waals surface area contributed by atoms with E-state index in [9.17, 15) is 0 Å². The van der Waals surface area contributed by atoms with E-state index in [-0.39, 0.29) is 0 Å². The topological polar surface area (TPSA) is 45.4 Å². The summed E-state index contributed by atoms with van der Waals surface area (Å²) >= 11 is 1.76. The zero-order chi connectivity index (χ0) is 18.5. The number of hydrogen-bond donors (Lipinski definition) is 0. The minimum absolute atomic E-state index is 0.608. The van der Waals surface area contributed by atoms with Crippen LogP contribution in [0.4, 0.5) is 5.95 Å². The Morgan fingerprint density at radius 1 is 1.04 bits per heavy atom. The third-order valence-corrected chi connectivity index (χ3v) is 6.03. The Hall–Kier alpha value is -2.18. The van der Waals surface area contributed by atoms with Crippen molar-refractivity contribution in [2.45, 2.75) is 38.8 Å². The maximum atomic E-state index is 5.53. The molecule has 1 aromatic carbocycles. The minimum Gasteiger partial charge on any atom is -0.337 e. The summed E-state index contributed by atoms with van der Waals surface area (Å²) in [5, 5.41) is 4.16. The molecule has 0 saturated carbocycles. The summed E-state index contributed by atoms with van der Waals surface area (Å²) in [5.41, 5.74) is 1.22. The molecule has 0 bridgehead atoms. The second kappa shape index (κ2) is 8.67. The van der Waals surface area contributed by atoms with Gasteiger partial charge >= 0.3 is 0 Å². The molecular weight excluding hydrogens is 356 g/mol. The number of benzene rings is 1. The van der Waals surface area contributed by atoms with Crippen LogP contribution < -0.4 is 4.90 Å². The molecule has 0 spiro atoms. The first-order valence-corrected chi connectivity index (χ1v) is 10.5. The van der Waals surface area contributed by atoms with Crippen LogP contribution in [0.1, 0.15) is 36.1 Å². The first kappa shape index (κ1) is 18.2. The predicted octanol–water partition coefficient (Wildman–Crippen LogP) is 4.81. The van der Waals surface area contributed by atoms with Crippen LogP contribution in [0.3, 0.4) is 0 Å². The highest BCUT2D eigenvalue weighted by atomic mass is 32.1. The summed E-state index contributed by atoms with van der Waals surface area (Å²) in [6.45, 7) is 4.20. The highest BCUT2D eigenvalue weighted by Gasteiger charge is 2.16. The molecule has 4 rings (SSSR count). The molecule has 1 fully saturated rings. The Morgan fingerprint density at radius 2 is 1.81 bits per heavy atom. The van der Waals surface area contributed by atoms with Crippen molar-refractivity contribution in [1.82, 2.24) is 15.0 Å². The monoisotopic (exact) mass is 382 g/mol. The third-order valence-electron chi connectivity index (χ3n) is 4.97. The van der Waals surface area contributed by atoms with Gasteiger partial charge in [-0.2, -0.15) is 4.98 Å². The van der Waals surface area contributed by atoms with Gasteiger partial charge in [0.05, 0.1) is 4.88 Å². The number of thiophene rings is 1. The summed E-state index contributed by atoms with van der Waals surface area (Å²) in [6.07, 6.45) is 5.37. The normalized spacial score (nSPS) is 15.6. The van der Waals surface area contributed by atoms with E-state index in [4.69, 9.17) is 4.52 Å². The molecule has 0 radical (unpaired) electrons. The average molecular weight is 383 g/mol. The number of hydrogen-bond acceptors (Lipinski definition) is 6. The lowest BCUT2D eigenvalue weighted by molar-refractivity contribution is 0.279. The van der Waals surface area contributed by atoms with Crippen LogP contribution in [0.2, 0.25) is 0 Å². The van der Waals surface area contributed by atoms with Crippen LogP contribution in [0, 0.1) is 0 Å². The van der Waals surface area contributed by atoms with Crippen molar-refractivity contribution < 1.29 is 4.52 Å². The molecule has 3 aromatic rings. The fourth-order valence-corrected chi connectivity index (χ4v) is 4.46. The SMILES string of the molecule is CN(Cc1ccccc1)c1noc(-c2ccc(CN3CCCCCC3)s2)n1. The second-order valence-corrected chi connectivity index (χ2v) is 8.37. The van der Waals surface area contributed by atoms with Crippen molar-refractivity contribution in [2.75, 3.05) is 25.0 Å². The number of aromatic nitrogens is 2. The molecule has 1 aliphatic rings. The fourth-order valence-electron chi connectivity index (χ4n) is 3.49. The third kappa shape index (κ3) is 4.76. The number of nitrogens with zero attached hydrogens (tertiary/aromatic N) is 4. The van der Waals surface area contributed by atoms with Gasteiger partial charge in [-0.25, -0.2) is 0 Å². The van der Waals surface area contributed by atoms with Gasteiger partial charge in [-0.3, -0.25) is 4.90 Å². The summed E-state index contributed by atoms with van der Waals surface area (Å²) in [5.74, 6) is 1.23. The number of rotatable bonds is 6. The molecule has 0 unspecified atom stereocenters. The quantitative estimate of drug-likeness (QED) is 0.612. The lowest BCUT2D eigenvalue weighted by atomic mass is 10.2. The van der Waals surface area contributed by atoms with Crippen molar-refractivity contribution in [2.24, 2.45) is 0 Å². The van der Waals surface area contributed by atoms with Gasteiger partial charge < -0.3 is 9.42 Å². The van der Waals surface area contributed by atoms with Gasteiger partial charge in [0.1, 0.15) is 0 Å². The second-order valence-electron chi connectivity index (χ2n) is 7.20. The van der Waals surface area contributed by atoms with E-state index in [0.29, 0.717) is 11.8 Å². The first-order chi connectivity index (χ1) is 13.3. The molecule has 6 heteroatoms. The van der Waals surface area contributed by atoms with Crippen molar-refractivity contribution >= 4 is 17.3 Å². The maximum absolute atomic E-state index is 5.53. The van der Waals surface area contributed by atoms with Crippen LogP contribution in [-0.2, 0) is 13.1 Å². The molecule has 0 atom stereocenters. The fraction of sp³-hybridized carbons (Fsp3) is 0.429. The molecule has 0 aliphatic carbocycles. The molecule has 1 saturated heterocycles. The van der Waals surface area contributed by atoms with Gasteiger partial charge in [-0.1, -0.05) is 43.2 Å². The molecule has 1 aliphatic heterocycles. The Kier molecular flexibility index (Phi) is 5.84. The van der Waals surface area contributed by atoms with Gasteiger partial charge in [-0.15, -0.1) is 11.3 Å².